The van der Waals surface area contributed by atoms with E-state index in [4.69, 9.17) is 0 Å². The van der Waals surface area contributed by atoms with Crippen LogP contribution in [0.2, 0.25) is 0 Å². The molecule has 0 radical (unpaired) electrons. The average molecular weight is 252 g/mol. The van der Waals surface area contributed by atoms with Crippen molar-refractivity contribution in [1.82, 2.24) is 10.2 Å². The van der Waals surface area contributed by atoms with Crippen LogP contribution in [0.25, 0.3) is 0 Å². The summed E-state index contributed by atoms with van der Waals surface area (Å²) in [6.07, 6.45) is 5.09. The fourth-order valence-electron chi connectivity index (χ4n) is 3.36. The molecule has 0 bridgehead atoms. The van der Waals surface area contributed by atoms with Crippen LogP contribution in [0.4, 0.5) is 0 Å². The van der Waals surface area contributed by atoms with Crippen LogP contribution < -0.4 is 5.32 Å². The maximum atomic E-state index is 12.2. The molecule has 0 aromatic rings. The van der Waals surface area contributed by atoms with Crippen molar-refractivity contribution in [3.63, 3.8) is 0 Å². The van der Waals surface area contributed by atoms with Gasteiger partial charge in [0.25, 0.3) is 0 Å². The summed E-state index contributed by atoms with van der Waals surface area (Å²) < 4.78 is 0. The standard InChI is InChI=1S/C15H28N2O/c1-15(2,3)14(18)17-10-6-13(7-11-17)12-4-8-16-9-5-12/h12-13,16H,4-11H2,1-3H3. The first-order valence-electron chi connectivity index (χ1n) is 7.48. The van der Waals surface area contributed by atoms with Gasteiger partial charge in [-0.3, -0.25) is 4.79 Å². The van der Waals surface area contributed by atoms with Crippen molar-refractivity contribution in [3.8, 4) is 0 Å². The van der Waals surface area contributed by atoms with Crippen molar-refractivity contribution in [2.45, 2.75) is 46.5 Å². The van der Waals surface area contributed by atoms with E-state index in [0.717, 1.165) is 24.9 Å². The topological polar surface area (TPSA) is 32.3 Å². The minimum Gasteiger partial charge on any atom is -0.342 e. The zero-order valence-electron chi connectivity index (χ0n) is 12.2. The lowest BCUT2D eigenvalue weighted by molar-refractivity contribution is -0.141. The van der Waals surface area contributed by atoms with Gasteiger partial charge in [-0.25, -0.2) is 0 Å². The summed E-state index contributed by atoms with van der Waals surface area (Å²) in [6.45, 7) is 10.4. The highest BCUT2D eigenvalue weighted by Crippen LogP contribution is 2.32. The predicted molar refractivity (Wildman–Crippen MR) is 74.4 cm³/mol. The van der Waals surface area contributed by atoms with Gasteiger partial charge in [0.05, 0.1) is 0 Å². The third-order valence-corrected chi connectivity index (χ3v) is 4.52. The van der Waals surface area contributed by atoms with Gasteiger partial charge >= 0.3 is 0 Å². The third kappa shape index (κ3) is 3.25. The second-order valence-corrected chi connectivity index (χ2v) is 6.97. The number of likely N-dealkylation sites (tertiary alicyclic amines) is 1. The van der Waals surface area contributed by atoms with Crippen LogP contribution in [0.15, 0.2) is 0 Å². The minimum atomic E-state index is -0.221. The number of carbonyl (C=O) groups is 1. The fourth-order valence-corrected chi connectivity index (χ4v) is 3.36. The van der Waals surface area contributed by atoms with Crippen LogP contribution in [-0.2, 0) is 4.79 Å². The maximum Gasteiger partial charge on any atom is 0.227 e. The number of rotatable bonds is 1. The molecule has 0 aliphatic carbocycles. The monoisotopic (exact) mass is 252 g/mol. The Labute approximate surface area is 111 Å². The molecule has 0 saturated carbocycles. The number of nitrogens with zero attached hydrogens (tertiary/aromatic N) is 1. The molecule has 1 N–H and O–H groups in total. The lowest BCUT2D eigenvalue weighted by atomic mass is 9.79. The zero-order chi connectivity index (χ0) is 13.2. The summed E-state index contributed by atoms with van der Waals surface area (Å²) in [6, 6.07) is 0. The highest BCUT2D eigenvalue weighted by Gasteiger charge is 2.32. The molecule has 0 spiro atoms. The molecule has 104 valence electrons. The minimum absolute atomic E-state index is 0.221. The molecule has 2 heterocycles. The molecule has 0 aromatic carbocycles. The molecular weight excluding hydrogens is 224 g/mol. The van der Waals surface area contributed by atoms with Gasteiger partial charge in [0, 0.05) is 18.5 Å². The lowest BCUT2D eigenvalue weighted by Crippen LogP contribution is -2.45. The Bertz CT molecular complexity index is 281. The number of carbonyl (C=O) groups excluding carboxylic acids is 1. The van der Waals surface area contributed by atoms with Crippen molar-refractivity contribution in [2.75, 3.05) is 26.2 Å². The maximum absolute atomic E-state index is 12.2. The summed E-state index contributed by atoms with van der Waals surface area (Å²) in [5, 5.41) is 3.44. The molecule has 2 fully saturated rings. The molecule has 0 aromatic heterocycles. The molecule has 3 heteroatoms. The first-order chi connectivity index (χ1) is 8.48. The number of hydrogen-bond donors (Lipinski definition) is 1. The molecule has 3 nitrogen and oxygen atoms in total. The van der Waals surface area contributed by atoms with Crippen LogP contribution >= 0.6 is 0 Å². The molecule has 2 saturated heterocycles. The Morgan fingerprint density at radius 1 is 1.00 bits per heavy atom. The highest BCUT2D eigenvalue weighted by molar-refractivity contribution is 5.81. The fraction of sp³-hybridized carbons (Fsp3) is 0.933. The van der Waals surface area contributed by atoms with E-state index < -0.39 is 0 Å². The Balaban J connectivity index is 1.82. The summed E-state index contributed by atoms with van der Waals surface area (Å²) in [5.41, 5.74) is -0.221. The Morgan fingerprint density at radius 2 is 1.50 bits per heavy atom. The van der Waals surface area contributed by atoms with Gasteiger partial charge in [-0.2, -0.15) is 0 Å². The zero-order valence-corrected chi connectivity index (χ0v) is 12.2. The van der Waals surface area contributed by atoms with E-state index in [1.165, 1.54) is 38.8 Å². The number of nitrogens with one attached hydrogen (secondary N) is 1. The van der Waals surface area contributed by atoms with E-state index in [0.29, 0.717) is 5.91 Å². The van der Waals surface area contributed by atoms with Crippen LogP contribution in [-0.4, -0.2) is 37.0 Å². The second-order valence-electron chi connectivity index (χ2n) is 6.97. The average Bonchev–Trinajstić information content (AvgIpc) is 2.38. The van der Waals surface area contributed by atoms with Crippen LogP contribution in [0.3, 0.4) is 0 Å². The van der Waals surface area contributed by atoms with Gasteiger partial charge in [0.2, 0.25) is 5.91 Å². The summed E-state index contributed by atoms with van der Waals surface area (Å²) >= 11 is 0. The van der Waals surface area contributed by atoms with Crippen LogP contribution in [0.1, 0.15) is 46.5 Å². The summed E-state index contributed by atoms with van der Waals surface area (Å²) in [4.78, 5) is 14.3. The summed E-state index contributed by atoms with van der Waals surface area (Å²) in [7, 11) is 0. The lowest BCUT2D eigenvalue weighted by Gasteiger charge is -2.39. The molecular formula is C15H28N2O. The van der Waals surface area contributed by atoms with Crippen molar-refractivity contribution in [2.24, 2.45) is 17.3 Å². The van der Waals surface area contributed by atoms with Crippen molar-refractivity contribution < 1.29 is 4.79 Å². The van der Waals surface area contributed by atoms with Crippen LogP contribution in [0.5, 0.6) is 0 Å². The first kappa shape index (κ1) is 13.9. The largest absolute Gasteiger partial charge is 0.342 e. The summed E-state index contributed by atoms with van der Waals surface area (Å²) in [5.74, 6) is 2.08. The molecule has 2 aliphatic heterocycles. The molecule has 1 amide bonds. The quantitative estimate of drug-likeness (QED) is 0.776. The molecule has 2 rings (SSSR count). The van der Waals surface area contributed by atoms with Crippen LogP contribution in [0, 0.1) is 17.3 Å². The van der Waals surface area contributed by atoms with Crippen molar-refractivity contribution in [3.05, 3.63) is 0 Å². The Morgan fingerprint density at radius 3 is 2.00 bits per heavy atom. The Hall–Kier alpha value is -0.570. The van der Waals surface area contributed by atoms with E-state index in [-0.39, 0.29) is 5.41 Å². The third-order valence-electron chi connectivity index (χ3n) is 4.52. The molecule has 18 heavy (non-hydrogen) atoms. The number of hydrogen-bond acceptors (Lipinski definition) is 2. The highest BCUT2D eigenvalue weighted by atomic mass is 16.2. The molecule has 0 unspecified atom stereocenters. The van der Waals surface area contributed by atoms with Gasteiger partial charge in [-0.15, -0.1) is 0 Å². The number of amides is 1. The van der Waals surface area contributed by atoms with Gasteiger partial charge in [0.1, 0.15) is 0 Å². The molecule has 0 atom stereocenters. The van der Waals surface area contributed by atoms with Crippen molar-refractivity contribution >= 4 is 5.91 Å². The van der Waals surface area contributed by atoms with Crippen molar-refractivity contribution in [1.29, 1.82) is 0 Å². The van der Waals surface area contributed by atoms with E-state index in [9.17, 15) is 4.79 Å². The van der Waals surface area contributed by atoms with E-state index >= 15 is 0 Å². The van der Waals surface area contributed by atoms with Gasteiger partial charge in [-0.05, 0) is 50.6 Å². The smallest absolute Gasteiger partial charge is 0.227 e. The first-order valence-corrected chi connectivity index (χ1v) is 7.48. The Kier molecular flexibility index (Phi) is 4.31. The van der Waals surface area contributed by atoms with Gasteiger partial charge in [-0.1, -0.05) is 20.8 Å². The predicted octanol–water partition coefficient (Wildman–Crippen LogP) is 2.27. The molecule has 2 aliphatic rings. The normalized spacial score (nSPS) is 24.3. The van der Waals surface area contributed by atoms with E-state index in [1.54, 1.807) is 0 Å². The second kappa shape index (κ2) is 5.60. The van der Waals surface area contributed by atoms with E-state index in [2.05, 4.69) is 10.2 Å². The number of piperidine rings is 2. The van der Waals surface area contributed by atoms with Gasteiger partial charge < -0.3 is 10.2 Å². The van der Waals surface area contributed by atoms with E-state index in [1.807, 2.05) is 20.8 Å². The SMILES string of the molecule is CC(C)(C)C(=O)N1CCC(C2CCNCC2)CC1. The van der Waals surface area contributed by atoms with Gasteiger partial charge in [0.15, 0.2) is 0 Å².